The highest BCUT2D eigenvalue weighted by atomic mass is 16.3. The van der Waals surface area contributed by atoms with Crippen LogP contribution < -0.4 is 0 Å². The van der Waals surface area contributed by atoms with Gasteiger partial charge in [-0.1, -0.05) is 35.9 Å². The summed E-state index contributed by atoms with van der Waals surface area (Å²) in [6.45, 7) is 5.48. The van der Waals surface area contributed by atoms with Crippen LogP contribution in [0.3, 0.4) is 0 Å². The SMILES string of the molecule is C=Nc1cc(-c2ccc(C)cc2)ccc1O. The molecule has 1 N–H and O–H groups in total. The van der Waals surface area contributed by atoms with Crippen LogP contribution in [0, 0.1) is 6.92 Å². The van der Waals surface area contributed by atoms with Crippen LogP contribution in [0.2, 0.25) is 0 Å². The molecule has 0 atom stereocenters. The van der Waals surface area contributed by atoms with Crippen molar-refractivity contribution >= 4 is 12.4 Å². The zero-order chi connectivity index (χ0) is 11.5. The fourth-order valence-electron chi connectivity index (χ4n) is 1.58. The number of aromatic hydroxyl groups is 1. The lowest BCUT2D eigenvalue weighted by Gasteiger charge is -2.04. The van der Waals surface area contributed by atoms with E-state index in [9.17, 15) is 5.11 Å². The zero-order valence-electron chi connectivity index (χ0n) is 9.14. The van der Waals surface area contributed by atoms with Gasteiger partial charge >= 0.3 is 0 Å². The summed E-state index contributed by atoms with van der Waals surface area (Å²) in [6.07, 6.45) is 0. The van der Waals surface area contributed by atoms with Crippen molar-refractivity contribution in [1.29, 1.82) is 0 Å². The van der Waals surface area contributed by atoms with E-state index in [0.717, 1.165) is 11.1 Å². The molecule has 2 rings (SSSR count). The van der Waals surface area contributed by atoms with Crippen LogP contribution in [0.5, 0.6) is 5.75 Å². The summed E-state index contributed by atoms with van der Waals surface area (Å²) in [5.41, 5.74) is 3.87. The van der Waals surface area contributed by atoms with Crippen LogP contribution in [-0.2, 0) is 0 Å². The van der Waals surface area contributed by atoms with Gasteiger partial charge in [0.15, 0.2) is 0 Å². The first-order chi connectivity index (χ1) is 7.70. The summed E-state index contributed by atoms with van der Waals surface area (Å²) in [4.78, 5) is 3.77. The fraction of sp³-hybridized carbons (Fsp3) is 0.0714. The summed E-state index contributed by atoms with van der Waals surface area (Å²) < 4.78 is 0. The summed E-state index contributed by atoms with van der Waals surface area (Å²) in [6, 6.07) is 13.6. The van der Waals surface area contributed by atoms with E-state index in [4.69, 9.17) is 0 Å². The fourth-order valence-corrected chi connectivity index (χ4v) is 1.58. The molecule has 0 saturated heterocycles. The van der Waals surface area contributed by atoms with Gasteiger partial charge in [-0.2, -0.15) is 0 Å². The van der Waals surface area contributed by atoms with Crippen LogP contribution in [0.15, 0.2) is 47.5 Å². The van der Waals surface area contributed by atoms with E-state index in [1.165, 1.54) is 5.56 Å². The number of rotatable bonds is 2. The van der Waals surface area contributed by atoms with E-state index in [1.54, 1.807) is 6.07 Å². The largest absolute Gasteiger partial charge is 0.506 e. The lowest BCUT2D eigenvalue weighted by molar-refractivity contribution is 0.477. The molecule has 2 aromatic carbocycles. The molecule has 0 heterocycles. The third-order valence-electron chi connectivity index (χ3n) is 2.53. The molecule has 0 fully saturated rings. The molecule has 2 aromatic rings. The molecular weight excluding hydrogens is 198 g/mol. The van der Waals surface area contributed by atoms with E-state index >= 15 is 0 Å². The van der Waals surface area contributed by atoms with Crippen molar-refractivity contribution in [3.05, 3.63) is 48.0 Å². The maximum absolute atomic E-state index is 9.49. The molecule has 0 aromatic heterocycles. The van der Waals surface area contributed by atoms with Gasteiger partial charge in [-0.15, -0.1) is 0 Å². The molecule has 80 valence electrons. The van der Waals surface area contributed by atoms with E-state index < -0.39 is 0 Å². The summed E-state index contributed by atoms with van der Waals surface area (Å²) in [7, 11) is 0. The highest BCUT2D eigenvalue weighted by molar-refractivity contribution is 5.71. The lowest BCUT2D eigenvalue weighted by Crippen LogP contribution is -1.78. The smallest absolute Gasteiger partial charge is 0.141 e. The number of phenols is 1. The van der Waals surface area contributed by atoms with Crippen LogP contribution >= 0.6 is 0 Å². The molecule has 2 nitrogen and oxygen atoms in total. The second-order valence-corrected chi connectivity index (χ2v) is 3.73. The molecule has 0 spiro atoms. The van der Waals surface area contributed by atoms with E-state index in [1.807, 2.05) is 12.1 Å². The molecule has 0 saturated carbocycles. The van der Waals surface area contributed by atoms with Crippen molar-refractivity contribution in [3.8, 4) is 16.9 Å². The number of aryl methyl sites for hydroxylation is 1. The maximum atomic E-state index is 9.49. The van der Waals surface area contributed by atoms with Gasteiger partial charge in [0.1, 0.15) is 11.4 Å². The predicted molar refractivity (Wildman–Crippen MR) is 67.5 cm³/mol. The molecular formula is C14H13NO. The normalized spacial score (nSPS) is 10.1. The Balaban J connectivity index is 2.48. The average molecular weight is 211 g/mol. The molecule has 0 bridgehead atoms. The van der Waals surface area contributed by atoms with Crippen molar-refractivity contribution < 1.29 is 5.11 Å². The molecule has 0 radical (unpaired) electrons. The molecule has 0 amide bonds. The Bertz CT molecular complexity index is 515. The quantitative estimate of drug-likeness (QED) is 0.755. The van der Waals surface area contributed by atoms with Gasteiger partial charge in [0.05, 0.1) is 0 Å². The number of phenolic OH excluding ortho intramolecular Hbond substituents is 1. The van der Waals surface area contributed by atoms with Crippen LogP contribution in [-0.4, -0.2) is 11.8 Å². The molecule has 16 heavy (non-hydrogen) atoms. The molecule has 0 aliphatic rings. The first-order valence-corrected chi connectivity index (χ1v) is 5.07. The van der Waals surface area contributed by atoms with Crippen molar-refractivity contribution in [3.63, 3.8) is 0 Å². The van der Waals surface area contributed by atoms with Gasteiger partial charge in [-0.05, 0) is 36.9 Å². The summed E-state index contributed by atoms with van der Waals surface area (Å²) in [5, 5.41) is 9.49. The van der Waals surface area contributed by atoms with Gasteiger partial charge in [0, 0.05) is 0 Å². The van der Waals surface area contributed by atoms with Gasteiger partial charge in [0.25, 0.3) is 0 Å². The van der Waals surface area contributed by atoms with E-state index in [2.05, 4.69) is 42.9 Å². The lowest BCUT2D eigenvalue weighted by atomic mass is 10.0. The predicted octanol–water partition coefficient (Wildman–Crippen LogP) is 3.70. The van der Waals surface area contributed by atoms with E-state index in [0.29, 0.717) is 5.69 Å². The minimum atomic E-state index is 0.158. The first kappa shape index (κ1) is 10.4. The number of benzene rings is 2. The molecule has 0 aliphatic heterocycles. The second-order valence-electron chi connectivity index (χ2n) is 3.73. The number of hydrogen-bond donors (Lipinski definition) is 1. The summed E-state index contributed by atoms with van der Waals surface area (Å²) in [5.74, 6) is 0.158. The Morgan fingerprint density at radius 2 is 1.62 bits per heavy atom. The Morgan fingerprint density at radius 3 is 2.25 bits per heavy atom. The Kier molecular flexibility index (Phi) is 2.73. The minimum absolute atomic E-state index is 0.158. The zero-order valence-corrected chi connectivity index (χ0v) is 9.14. The standard InChI is InChI=1S/C14H13NO/c1-10-3-5-11(6-4-10)12-7-8-14(16)13(9-12)15-2/h3-9,16H,2H2,1H3. The minimum Gasteiger partial charge on any atom is -0.506 e. The molecule has 0 unspecified atom stereocenters. The number of aliphatic imine (C=N–C) groups is 1. The Labute approximate surface area is 94.9 Å². The third-order valence-corrected chi connectivity index (χ3v) is 2.53. The van der Waals surface area contributed by atoms with Gasteiger partial charge in [-0.25, -0.2) is 0 Å². The topological polar surface area (TPSA) is 32.6 Å². The van der Waals surface area contributed by atoms with Crippen LogP contribution in [0.4, 0.5) is 5.69 Å². The van der Waals surface area contributed by atoms with Crippen LogP contribution in [0.1, 0.15) is 5.56 Å². The molecule has 2 heteroatoms. The van der Waals surface area contributed by atoms with Crippen molar-refractivity contribution in [2.24, 2.45) is 4.99 Å². The van der Waals surface area contributed by atoms with Crippen molar-refractivity contribution in [2.75, 3.05) is 0 Å². The van der Waals surface area contributed by atoms with Crippen molar-refractivity contribution in [1.82, 2.24) is 0 Å². The number of nitrogens with zero attached hydrogens (tertiary/aromatic N) is 1. The first-order valence-electron chi connectivity index (χ1n) is 5.07. The Hall–Kier alpha value is -2.09. The average Bonchev–Trinajstić information content (AvgIpc) is 2.31. The Morgan fingerprint density at radius 1 is 1.00 bits per heavy atom. The highest BCUT2D eigenvalue weighted by Crippen LogP contribution is 2.31. The molecule has 0 aliphatic carbocycles. The number of hydrogen-bond acceptors (Lipinski definition) is 2. The van der Waals surface area contributed by atoms with Gasteiger partial charge in [-0.3, -0.25) is 4.99 Å². The highest BCUT2D eigenvalue weighted by Gasteiger charge is 2.02. The summed E-state index contributed by atoms with van der Waals surface area (Å²) >= 11 is 0. The van der Waals surface area contributed by atoms with Crippen molar-refractivity contribution in [2.45, 2.75) is 6.92 Å². The monoisotopic (exact) mass is 211 g/mol. The van der Waals surface area contributed by atoms with Gasteiger partial charge in [0.2, 0.25) is 0 Å². The maximum Gasteiger partial charge on any atom is 0.141 e. The van der Waals surface area contributed by atoms with Gasteiger partial charge < -0.3 is 5.11 Å². The third kappa shape index (κ3) is 1.96. The van der Waals surface area contributed by atoms with E-state index in [-0.39, 0.29) is 5.75 Å². The van der Waals surface area contributed by atoms with Crippen LogP contribution in [0.25, 0.3) is 11.1 Å². The second kappa shape index (κ2) is 4.19.